The molecule has 0 bridgehead atoms. The minimum atomic E-state index is -0.500. The van der Waals surface area contributed by atoms with E-state index in [-0.39, 0.29) is 16.9 Å². The molecule has 1 amide bonds. The molecule has 0 aromatic rings. The van der Waals surface area contributed by atoms with Gasteiger partial charge in [0.05, 0.1) is 5.34 Å². The van der Waals surface area contributed by atoms with Gasteiger partial charge < -0.3 is 24.5 Å². The topological polar surface area (TPSA) is 119 Å². The summed E-state index contributed by atoms with van der Waals surface area (Å²) in [5, 5.41) is 12.1. The standard InChI is InChI=1S/C6H12O.C5H9NO.C4H11N.C4H10O.C4H8O.CH2Cl2.CH3NO2/c1-5(2)4-6(3)7;1-6-4-2-3-5(6)7;2*1-3-5-4-2;1-3-4(2)5;2-1-3;1-2(3)4/h5H,4H2,1-3H3;2-4H2,1H3;5H,3-4H2,1-2H3;3-4H2,1-2H3;3H2,1-2H3;1H2;1H3. The van der Waals surface area contributed by atoms with E-state index < -0.39 is 4.92 Å². The van der Waals surface area contributed by atoms with Crippen molar-refractivity contribution < 1.29 is 24.0 Å². The molecule has 0 saturated carbocycles. The van der Waals surface area contributed by atoms with Crippen molar-refractivity contribution in [3.8, 4) is 0 Å². The first kappa shape index (κ1) is 47.9. The number of nitrogens with zero attached hydrogens (tertiary/aromatic N) is 2. The second-order valence-electron chi connectivity index (χ2n) is 7.55. The molecule has 0 spiro atoms. The van der Waals surface area contributed by atoms with E-state index in [0.29, 0.717) is 18.2 Å². The fourth-order valence-corrected chi connectivity index (χ4v) is 1.81. The number of rotatable bonds is 7. The van der Waals surface area contributed by atoms with Crippen LogP contribution >= 0.6 is 23.2 Å². The number of nitro groups is 1. The lowest BCUT2D eigenvalue weighted by Crippen LogP contribution is -2.17. The molecule has 1 aliphatic rings. The van der Waals surface area contributed by atoms with E-state index in [2.05, 4.69) is 19.2 Å². The fraction of sp³-hybridized carbons (Fsp3) is 0.880. The molecule has 0 atom stereocenters. The van der Waals surface area contributed by atoms with Crippen LogP contribution in [0.1, 0.15) is 88.0 Å². The van der Waals surface area contributed by atoms with Crippen molar-refractivity contribution in [2.24, 2.45) is 5.92 Å². The molecule has 36 heavy (non-hydrogen) atoms. The van der Waals surface area contributed by atoms with E-state index in [0.717, 1.165) is 59.2 Å². The van der Waals surface area contributed by atoms with Gasteiger partial charge in [-0.1, -0.05) is 34.6 Å². The van der Waals surface area contributed by atoms with Gasteiger partial charge in [-0.2, -0.15) is 0 Å². The van der Waals surface area contributed by atoms with E-state index in [1.54, 1.807) is 18.7 Å². The number of halogens is 2. The van der Waals surface area contributed by atoms with Crippen molar-refractivity contribution in [2.45, 2.75) is 88.0 Å². The van der Waals surface area contributed by atoms with Gasteiger partial charge in [0.1, 0.15) is 11.6 Å². The van der Waals surface area contributed by atoms with Crippen LogP contribution in [-0.2, 0) is 19.1 Å². The molecule has 220 valence electrons. The molecule has 0 radical (unpaired) electrons. The van der Waals surface area contributed by atoms with Crippen LogP contribution in [0.15, 0.2) is 0 Å². The van der Waals surface area contributed by atoms with Crippen molar-refractivity contribution in [3.05, 3.63) is 10.1 Å². The summed E-state index contributed by atoms with van der Waals surface area (Å²) >= 11 is 9.53. The van der Waals surface area contributed by atoms with Crippen molar-refractivity contribution in [1.29, 1.82) is 0 Å². The average Bonchev–Trinajstić information content (AvgIpc) is 3.13. The second kappa shape index (κ2) is 43.8. The third kappa shape index (κ3) is 94.0. The van der Waals surface area contributed by atoms with E-state index in [1.165, 1.54) is 0 Å². The van der Waals surface area contributed by atoms with Gasteiger partial charge in [0.15, 0.2) is 7.05 Å². The first-order chi connectivity index (χ1) is 16.7. The van der Waals surface area contributed by atoms with Crippen LogP contribution in [0.5, 0.6) is 0 Å². The number of amides is 1. The predicted molar refractivity (Wildman–Crippen MR) is 154 cm³/mol. The normalized spacial score (nSPS) is 10.6. The van der Waals surface area contributed by atoms with E-state index >= 15 is 0 Å². The Kier molecular flexibility index (Phi) is 58.2. The van der Waals surface area contributed by atoms with Crippen LogP contribution in [0.2, 0.25) is 0 Å². The highest BCUT2D eigenvalue weighted by atomic mass is 35.5. The van der Waals surface area contributed by atoms with Gasteiger partial charge in [-0.3, -0.25) is 14.9 Å². The van der Waals surface area contributed by atoms with Crippen LogP contribution < -0.4 is 5.32 Å². The first-order valence-corrected chi connectivity index (χ1v) is 13.5. The Morgan fingerprint density at radius 1 is 1.06 bits per heavy atom. The minimum absolute atomic E-state index is 0.194. The zero-order valence-corrected chi connectivity index (χ0v) is 26.3. The molecule has 1 fully saturated rings. The lowest BCUT2D eigenvalue weighted by atomic mass is 10.1. The van der Waals surface area contributed by atoms with Gasteiger partial charge in [-0.25, -0.2) is 0 Å². The van der Waals surface area contributed by atoms with E-state index in [4.69, 9.17) is 38.1 Å². The van der Waals surface area contributed by atoms with Crippen LogP contribution in [0.3, 0.4) is 0 Å². The van der Waals surface area contributed by atoms with Gasteiger partial charge in [0.2, 0.25) is 5.91 Å². The summed E-state index contributed by atoms with van der Waals surface area (Å²) in [7, 11) is 2.73. The maximum atomic E-state index is 10.5. The number of hydrogen-bond acceptors (Lipinski definition) is 7. The summed E-state index contributed by atoms with van der Waals surface area (Å²) in [5.74, 6) is 1.36. The zero-order chi connectivity index (χ0) is 29.9. The lowest BCUT2D eigenvalue weighted by Gasteiger charge is -2.03. The average molecular weight is 565 g/mol. The maximum Gasteiger partial charge on any atom is 0.222 e. The van der Waals surface area contributed by atoms with Gasteiger partial charge in [-0.05, 0) is 53.1 Å². The molecule has 0 unspecified atom stereocenters. The monoisotopic (exact) mass is 563 g/mol. The molecule has 0 aromatic carbocycles. The molecule has 1 rings (SSSR count). The Hall–Kier alpha value is -1.29. The number of carbonyl (C=O) groups is 3. The summed E-state index contributed by atoms with van der Waals surface area (Å²) in [6.07, 6.45) is 3.20. The van der Waals surface area contributed by atoms with Crippen LogP contribution in [0, 0.1) is 16.0 Å². The van der Waals surface area contributed by atoms with Gasteiger partial charge in [0, 0.05) is 51.0 Å². The SMILES string of the molecule is CC(=O)CC(C)C.CCC(C)=O.CCNCC.CCOCC.CN1CCCC1=O.C[N+](=O)[O-].ClCCl. The largest absolute Gasteiger partial charge is 0.382 e. The summed E-state index contributed by atoms with van der Waals surface area (Å²) in [5.41, 5.74) is 0. The summed E-state index contributed by atoms with van der Waals surface area (Å²) in [6, 6.07) is 0. The number of hydrogen-bond donors (Lipinski definition) is 1. The number of ether oxygens (including phenoxy) is 1. The third-order valence-corrected chi connectivity index (χ3v) is 3.41. The Bertz CT molecular complexity index is 469. The Labute approximate surface area is 231 Å². The molecule has 1 N–H and O–H groups in total. The van der Waals surface area contributed by atoms with Crippen LogP contribution in [-0.4, -0.2) is 79.6 Å². The Morgan fingerprint density at radius 3 is 1.44 bits per heavy atom. The molecule has 0 aromatic heterocycles. The van der Waals surface area contributed by atoms with Crippen LogP contribution in [0.4, 0.5) is 0 Å². The highest BCUT2D eigenvalue weighted by Gasteiger charge is 2.14. The predicted octanol–water partition coefficient (Wildman–Crippen LogP) is 5.82. The minimum Gasteiger partial charge on any atom is -0.382 e. The molecule has 1 aliphatic heterocycles. The highest BCUT2D eigenvalue weighted by Crippen LogP contribution is 2.04. The van der Waals surface area contributed by atoms with Crippen molar-refractivity contribution in [1.82, 2.24) is 10.2 Å². The zero-order valence-electron chi connectivity index (χ0n) is 24.7. The number of Topliss-reactive ketones (excluding diaryl/α,β-unsaturated/α-hetero) is 2. The number of alkyl halides is 2. The van der Waals surface area contributed by atoms with E-state index in [9.17, 15) is 14.4 Å². The summed E-state index contributed by atoms with van der Waals surface area (Å²) in [4.78, 5) is 40.6. The Balaban J connectivity index is -0.0000000742. The number of ketones is 2. The summed E-state index contributed by atoms with van der Waals surface area (Å²) < 4.78 is 4.83. The number of likely N-dealkylation sites (tertiary alicyclic amines) is 1. The van der Waals surface area contributed by atoms with E-state index in [1.807, 2.05) is 41.7 Å². The quantitative estimate of drug-likeness (QED) is 0.235. The van der Waals surface area contributed by atoms with Gasteiger partial charge in [-0.15, -0.1) is 23.2 Å². The van der Waals surface area contributed by atoms with Crippen molar-refractivity contribution >= 4 is 40.7 Å². The molecular weight excluding hydrogens is 509 g/mol. The second-order valence-corrected chi connectivity index (χ2v) is 8.36. The highest BCUT2D eigenvalue weighted by molar-refractivity contribution is 6.40. The van der Waals surface area contributed by atoms with Gasteiger partial charge in [0.25, 0.3) is 0 Å². The summed E-state index contributed by atoms with van der Waals surface area (Å²) in [6.45, 7) is 22.2. The first-order valence-electron chi connectivity index (χ1n) is 12.4. The molecule has 1 heterocycles. The molecule has 0 aliphatic carbocycles. The van der Waals surface area contributed by atoms with Crippen LogP contribution in [0.25, 0.3) is 0 Å². The lowest BCUT2D eigenvalue weighted by molar-refractivity contribution is -0.445. The smallest absolute Gasteiger partial charge is 0.222 e. The molecule has 1 saturated heterocycles. The molecule has 11 heteroatoms. The van der Waals surface area contributed by atoms with Gasteiger partial charge >= 0.3 is 0 Å². The third-order valence-electron chi connectivity index (χ3n) is 3.41. The number of nitrogens with one attached hydrogen (secondary N) is 1. The Morgan fingerprint density at radius 2 is 1.42 bits per heavy atom. The number of carbonyl (C=O) groups excluding carboxylic acids is 3. The van der Waals surface area contributed by atoms with Crippen molar-refractivity contribution in [3.63, 3.8) is 0 Å². The maximum absolute atomic E-state index is 10.5. The fourth-order valence-electron chi connectivity index (χ4n) is 1.81. The molecular formula is C25H55Cl2N3O6. The van der Waals surface area contributed by atoms with Crippen molar-refractivity contribution in [2.75, 3.05) is 52.3 Å². The molecule has 9 nitrogen and oxygen atoms in total.